The zero-order valence-corrected chi connectivity index (χ0v) is 18.6. The lowest BCUT2D eigenvalue weighted by atomic mass is 10.1. The minimum Gasteiger partial charge on any atom is -0.345 e. The van der Waals surface area contributed by atoms with Gasteiger partial charge in [-0.05, 0) is 29.8 Å². The minimum absolute atomic E-state index is 0.162. The van der Waals surface area contributed by atoms with E-state index in [0.29, 0.717) is 26.2 Å². The Kier molecular flexibility index (Phi) is 6.13. The van der Waals surface area contributed by atoms with Gasteiger partial charge in [0.25, 0.3) is 0 Å². The average molecular weight is 468 g/mol. The first-order valence-electron chi connectivity index (χ1n) is 9.12. The molecule has 29 heavy (non-hydrogen) atoms. The molecule has 0 atom stereocenters. The number of benzene rings is 2. The SMILES string of the molecule is O=S(=O)(c1ccccc1Cl)N1CCN(c2nc(Cc3ccc(Cl)cc3)cs2)CC1. The molecule has 2 aromatic carbocycles. The maximum absolute atomic E-state index is 12.9. The van der Waals surface area contributed by atoms with E-state index < -0.39 is 10.0 Å². The molecule has 0 amide bonds. The predicted octanol–water partition coefficient (Wildman–Crippen LogP) is 4.55. The summed E-state index contributed by atoms with van der Waals surface area (Å²) in [4.78, 5) is 7.03. The molecular weight excluding hydrogens is 449 g/mol. The van der Waals surface area contributed by atoms with Crippen LogP contribution in [0.1, 0.15) is 11.3 Å². The van der Waals surface area contributed by atoms with E-state index in [2.05, 4.69) is 10.3 Å². The summed E-state index contributed by atoms with van der Waals surface area (Å²) in [6.45, 7) is 1.99. The molecule has 3 aromatic rings. The second-order valence-corrected chi connectivity index (χ2v) is 10.3. The third-order valence-electron chi connectivity index (χ3n) is 4.80. The highest BCUT2D eigenvalue weighted by atomic mass is 35.5. The number of hydrogen-bond donors (Lipinski definition) is 0. The van der Waals surface area contributed by atoms with Crippen LogP contribution in [-0.2, 0) is 16.4 Å². The number of hydrogen-bond acceptors (Lipinski definition) is 5. The molecule has 9 heteroatoms. The normalized spacial score (nSPS) is 15.6. The molecule has 2 heterocycles. The van der Waals surface area contributed by atoms with Gasteiger partial charge in [-0.3, -0.25) is 0 Å². The van der Waals surface area contributed by atoms with Crippen molar-refractivity contribution >= 4 is 49.7 Å². The standard InChI is InChI=1S/C20H19Cl2N3O2S2/c21-16-7-5-15(6-8-16)13-17-14-28-20(23-17)24-9-11-25(12-10-24)29(26,27)19-4-2-1-3-18(19)22/h1-8,14H,9-13H2. The van der Waals surface area contributed by atoms with Gasteiger partial charge in [0.2, 0.25) is 10.0 Å². The Hall–Kier alpha value is -1.64. The Balaban J connectivity index is 1.40. The monoisotopic (exact) mass is 467 g/mol. The fraction of sp³-hybridized carbons (Fsp3) is 0.250. The summed E-state index contributed by atoms with van der Waals surface area (Å²) in [6, 6.07) is 14.3. The molecule has 1 aliphatic rings. The number of rotatable bonds is 5. The van der Waals surface area contributed by atoms with Crippen LogP contribution >= 0.6 is 34.5 Å². The number of nitrogens with zero attached hydrogens (tertiary/aromatic N) is 3. The van der Waals surface area contributed by atoms with Crippen LogP contribution in [0.5, 0.6) is 0 Å². The van der Waals surface area contributed by atoms with E-state index in [1.807, 2.05) is 24.3 Å². The lowest BCUT2D eigenvalue weighted by Crippen LogP contribution is -2.48. The van der Waals surface area contributed by atoms with Gasteiger partial charge in [-0.2, -0.15) is 4.31 Å². The van der Waals surface area contributed by atoms with Crippen molar-refractivity contribution in [2.75, 3.05) is 31.1 Å². The minimum atomic E-state index is -3.59. The molecule has 0 bridgehead atoms. The first-order chi connectivity index (χ1) is 13.9. The van der Waals surface area contributed by atoms with Gasteiger partial charge in [0.1, 0.15) is 4.90 Å². The summed E-state index contributed by atoms with van der Waals surface area (Å²) >= 11 is 13.6. The summed E-state index contributed by atoms with van der Waals surface area (Å²) in [6.07, 6.45) is 0.745. The van der Waals surface area contributed by atoms with Crippen LogP contribution in [-0.4, -0.2) is 43.9 Å². The lowest BCUT2D eigenvalue weighted by molar-refractivity contribution is 0.384. The highest BCUT2D eigenvalue weighted by Gasteiger charge is 2.30. The average Bonchev–Trinajstić information content (AvgIpc) is 3.18. The van der Waals surface area contributed by atoms with Crippen molar-refractivity contribution in [2.45, 2.75) is 11.3 Å². The Labute approximate surface area is 184 Å². The zero-order valence-electron chi connectivity index (χ0n) is 15.5. The van der Waals surface area contributed by atoms with E-state index in [9.17, 15) is 8.42 Å². The second-order valence-electron chi connectivity index (χ2n) is 6.75. The van der Waals surface area contributed by atoms with Gasteiger partial charge in [0, 0.05) is 43.0 Å². The Morgan fingerprint density at radius 1 is 0.966 bits per heavy atom. The molecule has 0 saturated carbocycles. The number of thiazole rings is 1. The van der Waals surface area contributed by atoms with Crippen LogP contribution in [0.15, 0.2) is 58.8 Å². The molecule has 0 spiro atoms. The Bertz CT molecular complexity index is 1090. The van der Waals surface area contributed by atoms with Gasteiger partial charge < -0.3 is 4.90 Å². The highest BCUT2D eigenvalue weighted by molar-refractivity contribution is 7.89. The van der Waals surface area contributed by atoms with Crippen molar-refractivity contribution in [3.63, 3.8) is 0 Å². The second kappa shape index (κ2) is 8.62. The fourth-order valence-electron chi connectivity index (χ4n) is 3.25. The van der Waals surface area contributed by atoms with E-state index in [0.717, 1.165) is 27.8 Å². The third-order valence-corrected chi connectivity index (χ3v) is 8.40. The molecule has 1 saturated heterocycles. The van der Waals surface area contributed by atoms with Crippen LogP contribution in [0.2, 0.25) is 10.0 Å². The van der Waals surface area contributed by atoms with Crippen molar-refractivity contribution in [2.24, 2.45) is 0 Å². The zero-order chi connectivity index (χ0) is 20.4. The molecule has 0 aliphatic carbocycles. The van der Waals surface area contributed by atoms with Crippen LogP contribution < -0.4 is 4.90 Å². The van der Waals surface area contributed by atoms with E-state index in [4.69, 9.17) is 28.2 Å². The predicted molar refractivity (Wildman–Crippen MR) is 119 cm³/mol. The van der Waals surface area contributed by atoms with E-state index in [1.165, 1.54) is 4.31 Å². The molecule has 152 valence electrons. The van der Waals surface area contributed by atoms with Gasteiger partial charge in [-0.25, -0.2) is 13.4 Å². The van der Waals surface area contributed by atoms with Crippen molar-refractivity contribution < 1.29 is 8.42 Å². The number of anilines is 1. The topological polar surface area (TPSA) is 53.5 Å². The lowest BCUT2D eigenvalue weighted by Gasteiger charge is -2.33. The van der Waals surface area contributed by atoms with E-state index in [1.54, 1.807) is 35.6 Å². The number of halogens is 2. The summed E-state index contributed by atoms with van der Waals surface area (Å²) in [5.41, 5.74) is 2.15. The van der Waals surface area contributed by atoms with Gasteiger partial charge in [0.05, 0.1) is 10.7 Å². The molecule has 5 nitrogen and oxygen atoms in total. The molecule has 0 radical (unpaired) electrons. The summed E-state index contributed by atoms with van der Waals surface area (Å²) < 4.78 is 27.3. The quantitative estimate of drug-likeness (QED) is 0.551. The molecule has 0 N–H and O–H groups in total. The third kappa shape index (κ3) is 4.59. The molecular formula is C20H19Cl2N3O2S2. The summed E-state index contributed by atoms with van der Waals surface area (Å²) in [5, 5.41) is 3.94. The first kappa shape index (κ1) is 20.6. The van der Waals surface area contributed by atoms with Gasteiger partial charge in [-0.15, -0.1) is 11.3 Å². The molecule has 1 fully saturated rings. The van der Waals surface area contributed by atoms with Gasteiger partial charge >= 0.3 is 0 Å². The van der Waals surface area contributed by atoms with Crippen molar-refractivity contribution in [1.82, 2.24) is 9.29 Å². The molecule has 4 rings (SSSR count). The van der Waals surface area contributed by atoms with Gasteiger partial charge in [-0.1, -0.05) is 47.5 Å². The Morgan fingerprint density at radius 2 is 1.66 bits per heavy atom. The van der Waals surface area contributed by atoms with E-state index >= 15 is 0 Å². The maximum Gasteiger partial charge on any atom is 0.244 e. The first-order valence-corrected chi connectivity index (χ1v) is 12.2. The Morgan fingerprint density at radius 3 is 2.34 bits per heavy atom. The van der Waals surface area contributed by atoms with Gasteiger partial charge in [0.15, 0.2) is 5.13 Å². The van der Waals surface area contributed by atoms with Crippen molar-refractivity contribution in [3.8, 4) is 0 Å². The molecule has 1 aromatic heterocycles. The highest BCUT2D eigenvalue weighted by Crippen LogP contribution is 2.28. The van der Waals surface area contributed by atoms with Crippen molar-refractivity contribution in [3.05, 3.63) is 75.2 Å². The summed E-state index contributed by atoms with van der Waals surface area (Å²) in [5.74, 6) is 0. The van der Waals surface area contributed by atoms with Crippen LogP contribution in [0.3, 0.4) is 0 Å². The van der Waals surface area contributed by atoms with E-state index in [-0.39, 0.29) is 9.92 Å². The molecule has 0 unspecified atom stereocenters. The number of sulfonamides is 1. The fourth-order valence-corrected chi connectivity index (χ4v) is 6.17. The maximum atomic E-state index is 12.9. The van der Waals surface area contributed by atoms with Crippen LogP contribution in [0.25, 0.3) is 0 Å². The van der Waals surface area contributed by atoms with Crippen LogP contribution in [0.4, 0.5) is 5.13 Å². The van der Waals surface area contributed by atoms with Crippen molar-refractivity contribution in [1.29, 1.82) is 0 Å². The smallest absolute Gasteiger partial charge is 0.244 e. The largest absolute Gasteiger partial charge is 0.345 e. The van der Waals surface area contributed by atoms with Crippen LogP contribution in [0, 0.1) is 0 Å². The molecule has 1 aliphatic heterocycles. The number of piperazine rings is 1. The summed E-state index contributed by atoms with van der Waals surface area (Å²) in [7, 11) is -3.59. The number of aromatic nitrogens is 1.